The van der Waals surface area contributed by atoms with Gasteiger partial charge in [0.15, 0.2) is 23.2 Å². The molecule has 0 spiro atoms. The first kappa shape index (κ1) is 14.2. The highest BCUT2D eigenvalue weighted by atomic mass is 32.1. The van der Waals surface area contributed by atoms with E-state index >= 15 is 0 Å². The Kier molecular flexibility index (Phi) is 3.84. The van der Waals surface area contributed by atoms with Crippen LogP contribution in [0.2, 0.25) is 0 Å². The van der Waals surface area contributed by atoms with E-state index in [0.29, 0.717) is 21.8 Å². The number of fused-ring (bicyclic) bond motifs is 1. The van der Waals surface area contributed by atoms with Gasteiger partial charge < -0.3 is 9.15 Å². The van der Waals surface area contributed by atoms with Gasteiger partial charge in [0.25, 0.3) is 5.91 Å². The standard InChI is InChI=1S/C14H11N3O4S/c1-8(12(18)17-14-15-4-5-22-14)21-13(19)9-2-3-11-10(6-9)16-7-20-11/h2-8H,1H3,(H,15,17,18). The molecule has 22 heavy (non-hydrogen) atoms. The largest absolute Gasteiger partial charge is 0.449 e. The molecule has 0 saturated carbocycles. The Hall–Kier alpha value is -2.74. The van der Waals surface area contributed by atoms with Crippen LogP contribution in [0, 0.1) is 0 Å². The number of nitrogens with one attached hydrogen (secondary N) is 1. The highest BCUT2D eigenvalue weighted by molar-refractivity contribution is 7.13. The van der Waals surface area contributed by atoms with Gasteiger partial charge in [-0.05, 0) is 25.1 Å². The second kappa shape index (κ2) is 5.94. The zero-order valence-corrected chi connectivity index (χ0v) is 12.3. The summed E-state index contributed by atoms with van der Waals surface area (Å²) in [5.74, 6) is -1.04. The molecule has 2 aromatic heterocycles. The highest BCUT2D eigenvalue weighted by Gasteiger charge is 2.20. The minimum Gasteiger partial charge on any atom is -0.449 e. The SMILES string of the molecule is CC(OC(=O)c1ccc2ocnc2c1)C(=O)Nc1nccs1. The van der Waals surface area contributed by atoms with E-state index < -0.39 is 18.0 Å². The fourth-order valence-electron chi connectivity index (χ4n) is 1.76. The minimum absolute atomic E-state index is 0.301. The molecule has 0 saturated heterocycles. The number of oxazole rings is 1. The number of hydrogen-bond acceptors (Lipinski definition) is 7. The van der Waals surface area contributed by atoms with Crippen LogP contribution >= 0.6 is 11.3 Å². The molecule has 1 atom stereocenters. The van der Waals surface area contributed by atoms with Gasteiger partial charge in [-0.1, -0.05) is 0 Å². The molecular formula is C14H11N3O4S. The first-order chi connectivity index (χ1) is 10.6. The molecule has 3 aromatic rings. The van der Waals surface area contributed by atoms with E-state index in [1.165, 1.54) is 24.7 Å². The first-order valence-electron chi connectivity index (χ1n) is 6.38. The number of rotatable bonds is 4. The van der Waals surface area contributed by atoms with Crippen molar-refractivity contribution >= 4 is 39.4 Å². The smallest absolute Gasteiger partial charge is 0.338 e. The lowest BCUT2D eigenvalue weighted by atomic mass is 10.2. The summed E-state index contributed by atoms with van der Waals surface area (Å²) in [5.41, 5.74) is 1.43. The van der Waals surface area contributed by atoms with Crippen molar-refractivity contribution in [1.29, 1.82) is 0 Å². The molecule has 0 bridgehead atoms. The molecule has 8 heteroatoms. The number of aromatic nitrogens is 2. The number of nitrogens with zero attached hydrogens (tertiary/aromatic N) is 2. The van der Waals surface area contributed by atoms with Crippen molar-refractivity contribution in [3.05, 3.63) is 41.7 Å². The summed E-state index contributed by atoms with van der Waals surface area (Å²) < 4.78 is 10.2. The Morgan fingerprint density at radius 3 is 3.00 bits per heavy atom. The number of thiazole rings is 1. The maximum atomic E-state index is 12.1. The van der Waals surface area contributed by atoms with Crippen LogP contribution in [-0.2, 0) is 9.53 Å². The Morgan fingerprint density at radius 1 is 1.36 bits per heavy atom. The lowest BCUT2D eigenvalue weighted by Gasteiger charge is -2.12. The molecule has 2 heterocycles. The van der Waals surface area contributed by atoms with Crippen LogP contribution in [0.1, 0.15) is 17.3 Å². The monoisotopic (exact) mass is 317 g/mol. The summed E-state index contributed by atoms with van der Waals surface area (Å²) in [4.78, 5) is 31.9. The lowest BCUT2D eigenvalue weighted by molar-refractivity contribution is -0.123. The maximum Gasteiger partial charge on any atom is 0.338 e. The fourth-order valence-corrected chi connectivity index (χ4v) is 2.29. The summed E-state index contributed by atoms with van der Waals surface area (Å²) in [7, 11) is 0. The van der Waals surface area contributed by atoms with Crippen LogP contribution in [0.5, 0.6) is 0 Å². The summed E-state index contributed by atoms with van der Waals surface area (Å²) in [6, 6.07) is 4.73. The van der Waals surface area contributed by atoms with Crippen LogP contribution in [0.4, 0.5) is 5.13 Å². The van der Waals surface area contributed by atoms with E-state index in [0.717, 1.165) is 0 Å². The average Bonchev–Trinajstić information content (AvgIpc) is 3.16. The number of esters is 1. The second-order valence-electron chi connectivity index (χ2n) is 4.41. The van der Waals surface area contributed by atoms with Crippen LogP contribution < -0.4 is 5.32 Å². The van der Waals surface area contributed by atoms with Crippen molar-refractivity contribution in [3.63, 3.8) is 0 Å². The van der Waals surface area contributed by atoms with E-state index in [9.17, 15) is 9.59 Å². The Labute approximate surface area is 128 Å². The maximum absolute atomic E-state index is 12.1. The number of carbonyl (C=O) groups excluding carboxylic acids is 2. The number of carbonyl (C=O) groups is 2. The number of hydrogen-bond donors (Lipinski definition) is 1. The molecule has 0 radical (unpaired) electrons. The van der Waals surface area contributed by atoms with Crippen molar-refractivity contribution in [2.24, 2.45) is 0 Å². The van der Waals surface area contributed by atoms with Gasteiger partial charge >= 0.3 is 5.97 Å². The van der Waals surface area contributed by atoms with E-state index in [2.05, 4.69) is 15.3 Å². The van der Waals surface area contributed by atoms with Crippen molar-refractivity contribution < 1.29 is 18.7 Å². The summed E-state index contributed by atoms with van der Waals surface area (Å²) in [6.07, 6.45) is 1.93. The first-order valence-corrected chi connectivity index (χ1v) is 7.26. The van der Waals surface area contributed by atoms with Gasteiger partial charge in [-0.3, -0.25) is 10.1 Å². The summed E-state index contributed by atoms with van der Waals surface area (Å²) >= 11 is 1.28. The zero-order chi connectivity index (χ0) is 15.5. The highest BCUT2D eigenvalue weighted by Crippen LogP contribution is 2.16. The second-order valence-corrected chi connectivity index (χ2v) is 5.30. The number of benzene rings is 1. The minimum atomic E-state index is -0.940. The van der Waals surface area contributed by atoms with Gasteiger partial charge in [-0.25, -0.2) is 14.8 Å². The Bertz CT molecular complexity index is 812. The van der Waals surface area contributed by atoms with Crippen molar-refractivity contribution in [1.82, 2.24) is 9.97 Å². The molecule has 1 unspecified atom stereocenters. The number of amides is 1. The molecule has 3 rings (SSSR count). The van der Waals surface area contributed by atoms with E-state index in [4.69, 9.17) is 9.15 Å². The van der Waals surface area contributed by atoms with Crippen molar-refractivity contribution in [2.45, 2.75) is 13.0 Å². The number of anilines is 1. The topological polar surface area (TPSA) is 94.3 Å². The molecule has 0 fully saturated rings. The molecule has 112 valence electrons. The fraction of sp³-hybridized carbons (Fsp3) is 0.143. The van der Waals surface area contributed by atoms with Crippen LogP contribution in [-0.4, -0.2) is 27.9 Å². The Morgan fingerprint density at radius 2 is 2.23 bits per heavy atom. The molecule has 0 aliphatic heterocycles. The Balaban J connectivity index is 1.66. The third-order valence-corrected chi connectivity index (χ3v) is 3.57. The predicted molar refractivity (Wildman–Crippen MR) is 79.6 cm³/mol. The lowest BCUT2D eigenvalue weighted by Crippen LogP contribution is -2.29. The van der Waals surface area contributed by atoms with Crippen LogP contribution in [0.15, 0.2) is 40.6 Å². The van der Waals surface area contributed by atoms with Crippen molar-refractivity contribution in [3.8, 4) is 0 Å². The molecule has 0 aliphatic carbocycles. The van der Waals surface area contributed by atoms with Gasteiger partial charge in [0, 0.05) is 11.6 Å². The van der Waals surface area contributed by atoms with Crippen LogP contribution in [0.25, 0.3) is 11.1 Å². The molecule has 0 aliphatic rings. The van der Waals surface area contributed by atoms with Gasteiger partial charge in [-0.15, -0.1) is 11.3 Å². The van der Waals surface area contributed by atoms with Crippen molar-refractivity contribution in [2.75, 3.05) is 5.32 Å². The molecule has 1 aromatic carbocycles. The summed E-state index contributed by atoms with van der Waals surface area (Å²) in [5, 5.41) is 4.76. The van der Waals surface area contributed by atoms with Gasteiger partial charge in [0.05, 0.1) is 5.56 Å². The molecule has 1 N–H and O–H groups in total. The normalized spacial score (nSPS) is 12.0. The van der Waals surface area contributed by atoms with Gasteiger partial charge in [-0.2, -0.15) is 0 Å². The predicted octanol–water partition coefficient (Wildman–Crippen LogP) is 2.47. The third-order valence-electron chi connectivity index (χ3n) is 2.88. The molecular weight excluding hydrogens is 306 g/mol. The van der Waals surface area contributed by atoms with Gasteiger partial charge in [0.1, 0.15) is 5.52 Å². The van der Waals surface area contributed by atoms with Gasteiger partial charge in [0.2, 0.25) is 0 Å². The zero-order valence-electron chi connectivity index (χ0n) is 11.5. The summed E-state index contributed by atoms with van der Waals surface area (Å²) in [6.45, 7) is 1.50. The third kappa shape index (κ3) is 2.96. The quantitative estimate of drug-likeness (QED) is 0.743. The average molecular weight is 317 g/mol. The van der Waals surface area contributed by atoms with E-state index in [-0.39, 0.29) is 0 Å². The van der Waals surface area contributed by atoms with E-state index in [1.54, 1.807) is 29.8 Å². The van der Waals surface area contributed by atoms with E-state index in [1.807, 2.05) is 0 Å². The molecule has 1 amide bonds. The molecule has 7 nitrogen and oxygen atoms in total. The number of ether oxygens (including phenoxy) is 1. The van der Waals surface area contributed by atoms with Crippen LogP contribution in [0.3, 0.4) is 0 Å².